The lowest BCUT2D eigenvalue weighted by atomic mass is 10.1. The van der Waals surface area contributed by atoms with Crippen molar-refractivity contribution in [3.8, 4) is 17.2 Å². The standard InChI is InChI=1S/C16H12BrNO6/c1-9(20)10-3-4-14(13(5-10)18(21)22)24-16-6-11(8-19)12(17)7-15(16)23-2/h3-8H,1-2H3. The molecule has 2 aromatic carbocycles. The third kappa shape index (κ3) is 3.60. The Balaban J connectivity index is 2.53. The van der Waals surface area contributed by atoms with Crippen molar-refractivity contribution in [2.75, 3.05) is 7.11 Å². The van der Waals surface area contributed by atoms with E-state index in [1.54, 1.807) is 0 Å². The molecule has 24 heavy (non-hydrogen) atoms. The second-order valence-electron chi connectivity index (χ2n) is 4.74. The Morgan fingerprint density at radius 3 is 2.46 bits per heavy atom. The van der Waals surface area contributed by atoms with Gasteiger partial charge in [-0.3, -0.25) is 19.7 Å². The van der Waals surface area contributed by atoms with E-state index < -0.39 is 4.92 Å². The van der Waals surface area contributed by atoms with Crippen LogP contribution in [0.5, 0.6) is 17.2 Å². The van der Waals surface area contributed by atoms with Crippen LogP contribution in [0.15, 0.2) is 34.8 Å². The Bertz CT molecular complexity index is 834. The highest BCUT2D eigenvalue weighted by atomic mass is 79.9. The number of rotatable bonds is 6. The minimum absolute atomic E-state index is 0.0672. The molecule has 0 fully saturated rings. The zero-order chi connectivity index (χ0) is 17.9. The first-order valence-corrected chi connectivity index (χ1v) is 7.46. The topological polar surface area (TPSA) is 95.7 Å². The van der Waals surface area contributed by atoms with E-state index in [2.05, 4.69) is 15.9 Å². The minimum Gasteiger partial charge on any atom is -0.493 e. The Labute approximate surface area is 145 Å². The number of hydrogen-bond acceptors (Lipinski definition) is 6. The van der Waals surface area contributed by atoms with Gasteiger partial charge in [-0.05, 0) is 47.1 Å². The van der Waals surface area contributed by atoms with Crippen LogP contribution < -0.4 is 9.47 Å². The predicted octanol–water partition coefficient (Wildman–Crippen LogP) is 4.17. The third-order valence-electron chi connectivity index (χ3n) is 3.19. The highest BCUT2D eigenvalue weighted by Crippen LogP contribution is 2.39. The molecule has 0 aliphatic rings. The number of ketones is 1. The number of benzene rings is 2. The molecule has 0 heterocycles. The largest absolute Gasteiger partial charge is 0.493 e. The summed E-state index contributed by atoms with van der Waals surface area (Å²) in [6.45, 7) is 1.31. The summed E-state index contributed by atoms with van der Waals surface area (Å²) in [5, 5.41) is 11.2. The summed E-state index contributed by atoms with van der Waals surface area (Å²) in [6.07, 6.45) is 0.615. The number of Topliss-reactive ketones (excluding diaryl/α,β-unsaturated/α-hetero) is 1. The van der Waals surface area contributed by atoms with E-state index >= 15 is 0 Å². The molecule has 7 nitrogen and oxygen atoms in total. The van der Waals surface area contributed by atoms with Gasteiger partial charge in [0.15, 0.2) is 23.6 Å². The van der Waals surface area contributed by atoms with Gasteiger partial charge in [0.25, 0.3) is 0 Å². The molecule has 0 bridgehead atoms. The normalized spacial score (nSPS) is 10.1. The lowest BCUT2D eigenvalue weighted by Crippen LogP contribution is -1.99. The number of methoxy groups -OCH3 is 1. The van der Waals surface area contributed by atoms with Crippen LogP contribution in [0.2, 0.25) is 0 Å². The van der Waals surface area contributed by atoms with Crippen LogP contribution in [-0.4, -0.2) is 24.1 Å². The van der Waals surface area contributed by atoms with Gasteiger partial charge in [0, 0.05) is 21.7 Å². The number of halogens is 1. The van der Waals surface area contributed by atoms with Crippen molar-refractivity contribution in [3.63, 3.8) is 0 Å². The van der Waals surface area contributed by atoms with Gasteiger partial charge in [-0.2, -0.15) is 0 Å². The second kappa shape index (κ2) is 7.22. The minimum atomic E-state index is -0.645. The van der Waals surface area contributed by atoms with Crippen LogP contribution in [-0.2, 0) is 0 Å². The van der Waals surface area contributed by atoms with Crippen LogP contribution in [0.1, 0.15) is 27.6 Å². The molecule has 0 amide bonds. The first-order chi connectivity index (χ1) is 11.4. The monoisotopic (exact) mass is 393 g/mol. The lowest BCUT2D eigenvalue weighted by molar-refractivity contribution is -0.385. The third-order valence-corrected chi connectivity index (χ3v) is 3.88. The molecule has 0 aromatic heterocycles. The van der Waals surface area contributed by atoms with Crippen molar-refractivity contribution < 1.29 is 24.0 Å². The highest BCUT2D eigenvalue weighted by molar-refractivity contribution is 9.10. The van der Waals surface area contributed by atoms with Gasteiger partial charge in [0.1, 0.15) is 0 Å². The smallest absolute Gasteiger partial charge is 0.312 e. The molecule has 0 atom stereocenters. The molecule has 0 spiro atoms. The Morgan fingerprint density at radius 1 is 1.21 bits per heavy atom. The number of nitro benzene ring substituents is 1. The number of carbonyl (C=O) groups is 2. The molecule has 0 saturated carbocycles. The average Bonchev–Trinajstić information content (AvgIpc) is 2.55. The van der Waals surface area contributed by atoms with Gasteiger partial charge in [0.2, 0.25) is 5.75 Å². The molecular weight excluding hydrogens is 382 g/mol. The maximum Gasteiger partial charge on any atom is 0.312 e. The predicted molar refractivity (Wildman–Crippen MR) is 89.3 cm³/mol. The van der Waals surface area contributed by atoms with E-state index in [-0.39, 0.29) is 34.3 Å². The van der Waals surface area contributed by atoms with Crippen molar-refractivity contribution in [1.29, 1.82) is 0 Å². The number of ether oxygens (including phenoxy) is 2. The molecule has 0 aliphatic heterocycles. The van der Waals surface area contributed by atoms with E-state index in [9.17, 15) is 19.7 Å². The van der Waals surface area contributed by atoms with Crippen LogP contribution in [0, 0.1) is 10.1 Å². The summed E-state index contributed by atoms with van der Waals surface area (Å²) in [6, 6.07) is 6.82. The second-order valence-corrected chi connectivity index (χ2v) is 5.59. The molecule has 0 aliphatic carbocycles. The zero-order valence-corrected chi connectivity index (χ0v) is 14.3. The highest BCUT2D eigenvalue weighted by Gasteiger charge is 2.20. The summed E-state index contributed by atoms with van der Waals surface area (Å²) in [7, 11) is 1.41. The summed E-state index contributed by atoms with van der Waals surface area (Å²) in [5.41, 5.74) is 0.138. The van der Waals surface area contributed by atoms with Gasteiger partial charge < -0.3 is 9.47 Å². The quantitative estimate of drug-likeness (QED) is 0.316. The maximum absolute atomic E-state index is 11.4. The van der Waals surface area contributed by atoms with Crippen molar-refractivity contribution in [2.45, 2.75) is 6.92 Å². The Kier molecular flexibility index (Phi) is 5.30. The van der Waals surface area contributed by atoms with Crippen LogP contribution in [0.3, 0.4) is 0 Å². The van der Waals surface area contributed by atoms with E-state index in [4.69, 9.17) is 9.47 Å². The number of nitrogens with zero attached hydrogens (tertiary/aromatic N) is 1. The van der Waals surface area contributed by atoms with E-state index in [1.807, 2.05) is 0 Å². The molecular formula is C16H12BrNO6. The summed E-state index contributed by atoms with van der Waals surface area (Å²) >= 11 is 3.22. The van der Waals surface area contributed by atoms with E-state index in [0.29, 0.717) is 16.3 Å². The van der Waals surface area contributed by atoms with Crippen LogP contribution in [0.25, 0.3) is 0 Å². The van der Waals surface area contributed by atoms with Gasteiger partial charge in [-0.25, -0.2) is 0 Å². The van der Waals surface area contributed by atoms with Crippen molar-refractivity contribution >= 4 is 33.7 Å². The molecule has 0 N–H and O–H groups in total. The van der Waals surface area contributed by atoms with Gasteiger partial charge in [0.05, 0.1) is 12.0 Å². The molecule has 124 valence electrons. The van der Waals surface area contributed by atoms with Gasteiger partial charge in [-0.1, -0.05) is 0 Å². The molecule has 8 heteroatoms. The summed E-state index contributed by atoms with van der Waals surface area (Å²) in [5.74, 6) is 0.0653. The van der Waals surface area contributed by atoms with E-state index in [0.717, 1.165) is 6.07 Å². The number of aldehydes is 1. The lowest BCUT2D eigenvalue weighted by Gasteiger charge is -2.12. The fraction of sp³-hybridized carbons (Fsp3) is 0.125. The number of carbonyl (C=O) groups excluding carboxylic acids is 2. The fourth-order valence-corrected chi connectivity index (χ4v) is 2.38. The fourth-order valence-electron chi connectivity index (χ4n) is 1.96. The van der Waals surface area contributed by atoms with Crippen molar-refractivity contribution in [2.24, 2.45) is 0 Å². The first-order valence-electron chi connectivity index (χ1n) is 6.67. The van der Waals surface area contributed by atoms with Crippen LogP contribution in [0.4, 0.5) is 5.69 Å². The first kappa shape index (κ1) is 17.6. The number of nitro groups is 1. The summed E-state index contributed by atoms with van der Waals surface area (Å²) in [4.78, 5) is 33.0. The molecule has 0 unspecified atom stereocenters. The zero-order valence-electron chi connectivity index (χ0n) is 12.7. The maximum atomic E-state index is 11.4. The van der Waals surface area contributed by atoms with Crippen molar-refractivity contribution in [3.05, 3.63) is 56.0 Å². The summed E-state index contributed by atoms with van der Waals surface area (Å²) < 4.78 is 11.2. The molecule has 2 rings (SSSR count). The van der Waals surface area contributed by atoms with Gasteiger partial charge in [-0.15, -0.1) is 0 Å². The SMILES string of the molecule is COc1cc(Br)c(C=O)cc1Oc1ccc(C(C)=O)cc1[N+](=O)[O-]. The number of hydrogen-bond donors (Lipinski definition) is 0. The van der Waals surface area contributed by atoms with Crippen molar-refractivity contribution in [1.82, 2.24) is 0 Å². The average molecular weight is 394 g/mol. The van der Waals surface area contributed by atoms with Crippen LogP contribution >= 0.6 is 15.9 Å². The van der Waals surface area contributed by atoms with Gasteiger partial charge >= 0.3 is 5.69 Å². The Hall–Kier alpha value is -2.74. The Morgan fingerprint density at radius 2 is 1.92 bits per heavy atom. The van der Waals surface area contributed by atoms with E-state index in [1.165, 1.54) is 38.3 Å². The molecule has 0 radical (unpaired) electrons. The molecule has 2 aromatic rings. The molecule has 0 saturated heterocycles.